The Morgan fingerprint density at radius 1 is 1.16 bits per heavy atom. The monoisotopic (exact) mass is 273 g/mol. The molecule has 0 aliphatic carbocycles. The molecular weight excluding hydrogens is 258 g/mol. The Labute approximate surface area is 116 Å². The van der Waals surface area contributed by atoms with Gasteiger partial charge in [0.05, 0.1) is 11.3 Å². The number of rotatable bonds is 4. The Balaban J connectivity index is 2.31. The lowest BCUT2D eigenvalue weighted by molar-refractivity contribution is 0.100. The molecular formula is C14H15N3OS. The molecule has 0 unspecified atom stereocenters. The maximum atomic E-state index is 11.4. The first-order valence-corrected chi connectivity index (χ1v) is 6.93. The lowest BCUT2D eigenvalue weighted by Crippen LogP contribution is -2.13. The summed E-state index contributed by atoms with van der Waals surface area (Å²) in [6.45, 7) is 0. The summed E-state index contributed by atoms with van der Waals surface area (Å²) >= 11 is 1.67. The quantitative estimate of drug-likeness (QED) is 0.591. The van der Waals surface area contributed by atoms with Crippen LogP contribution in [0.25, 0.3) is 0 Å². The summed E-state index contributed by atoms with van der Waals surface area (Å²) in [6, 6.07) is 12.9. The topological polar surface area (TPSA) is 81.1 Å². The molecule has 2 aromatic rings. The van der Waals surface area contributed by atoms with Crippen LogP contribution in [0.3, 0.4) is 0 Å². The molecule has 0 aromatic heterocycles. The summed E-state index contributed by atoms with van der Waals surface area (Å²) in [4.78, 5) is 12.5. The first kappa shape index (κ1) is 13.3. The standard InChI is InChI=1S/C14H15N3OS/c1-19-11-5-3-10(4-6-11)17-13-8-9(15)2-7-12(13)14(16)18/h2-8,17H,15H2,1H3,(H2,16,18). The summed E-state index contributed by atoms with van der Waals surface area (Å²) < 4.78 is 0. The average Bonchev–Trinajstić information content (AvgIpc) is 2.39. The van der Waals surface area contributed by atoms with Crippen LogP contribution in [0.2, 0.25) is 0 Å². The van der Waals surface area contributed by atoms with Crippen LogP contribution in [0.4, 0.5) is 17.1 Å². The van der Waals surface area contributed by atoms with Crippen molar-refractivity contribution in [1.29, 1.82) is 0 Å². The van der Waals surface area contributed by atoms with E-state index < -0.39 is 5.91 Å². The summed E-state index contributed by atoms with van der Waals surface area (Å²) in [5.74, 6) is -0.483. The minimum atomic E-state index is -0.483. The number of hydrogen-bond acceptors (Lipinski definition) is 4. The number of anilines is 3. The van der Waals surface area contributed by atoms with Gasteiger partial charge in [0.2, 0.25) is 0 Å². The number of amides is 1. The highest BCUT2D eigenvalue weighted by molar-refractivity contribution is 7.98. The second kappa shape index (κ2) is 5.67. The van der Waals surface area contributed by atoms with Gasteiger partial charge in [0, 0.05) is 16.3 Å². The van der Waals surface area contributed by atoms with E-state index in [1.54, 1.807) is 30.0 Å². The van der Waals surface area contributed by atoms with Gasteiger partial charge in [-0.05, 0) is 48.7 Å². The third-order valence-corrected chi connectivity index (χ3v) is 3.42. The Kier molecular flexibility index (Phi) is 3.97. The van der Waals surface area contributed by atoms with E-state index in [-0.39, 0.29) is 0 Å². The van der Waals surface area contributed by atoms with Crippen LogP contribution in [-0.4, -0.2) is 12.2 Å². The highest BCUT2D eigenvalue weighted by atomic mass is 32.2. The molecule has 0 aliphatic rings. The number of carbonyl (C=O) groups is 1. The smallest absolute Gasteiger partial charge is 0.250 e. The fourth-order valence-electron chi connectivity index (χ4n) is 1.71. The zero-order valence-corrected chi connectivity index (χ0v) is 11.3. The van der Waals surface area contributed by atoms with Crippen LogP contribution < -0.4 is 16.8 Å². The predicted molar refractivity (Wildman–Crippen MR) is 80.9 cm³/mol. The minimum absolute atomic E-state index is 0.420. The highest BCUT2D eigenvalue weighted by Crippen LogP contribution is 2.25. The first-order chi connectivity index (χ1) is 9.10. The molecule has 2 aromatic carbocycles. The van der Waals surface area contributed by atoms with E-state index in [2.05, 4.69) is 5.32 Å². The van der Waals surface area contributed by atoms with Crippen molar-refractivity contribution in [2.24, 2.45) is 5.73 Å². The molecule has 2 rings (SSSR count). The molecule has 5 heteroatoms. The highest BCUT2D eigenvalue weighted by Gasteiger charge is 2.08. The van der Waals surface area contributed by atoms with Gasteiger partial charge in [-0.1, -0.05) is 0 Å². The number of nitrogen functional groups attached to an aromatic ring is 1. The number of primary amides is 1. The van der Waals surface area contributed by atoms with Gasteiger partial charge in [0.15, 0.2) is 0 Å². The Bertz CT molecular complexity index is 596. The number of carbonyl (C=O) groups excluding carboxylic acids is 1. The molecule has 0 heterocycles. The van der Waals surface area contributed by atoms with Gasteiger partial charge >= 0.3 is 0 Å². The zero-order chi connectivity index (χ0) is 13.8. The third kappa shape index (κ3) is 3.20. The third-order valence-electron chi connectivity index (χ3n) is 2.68. The second-order valence-electron chi connectivity index (χ2n) is 4.02. The fourth-order valence-corrected chi connectivity index (χ4v) is 2.12. The Morgan fingerprint density at radius 3 is 2.42 bits per heavy atom. The summed E-state index contributed by atoms with van der Waals surface area (Å²) in [7, 11) is 0. The molecule has 0 radical (unpaired) electrons. The van der Waals surface area contributed by atoms with E-state index in [9.17, 15) is 4.79 Å². The summed E-state index contributed by atoms with van der Waals surface area (Å²) in [5.41, 5.74) is 13.6. The molecule has 19 heavy (non-hydrogen) atoms. The molecule has 0 atom stereocenters. The van der Waals surface area contributed by atoms with Crippen molar-refractivity contribution < 1.29 is 4.79 Å². The molecule has 1 amide bonds. The largest absolute Gasteiger partial charge is 0.399 e. The van der Waals surface area contributed by atoms with Crippen LogP contribution in [0.5, 0.6) is 0 Å². The Hall–Kier alpha value is -2.14. The van der Waals surface area contributed by atoms with Crippen LogP contribution >= 0.6 is 11.8 Å². The maximum absolute atomic E-state index is 11.4. The second-order valence-corrected chi connectivity index (χ2v) is 4.90. The molecule has 4 nitrogen and oxygen atoms in total. The maximum Gasteiger partial charge on any atom is 0.250 e. The van der Waals surface area contributed by atoms with Crippen molar-refractivity contribution in [2.45, 2.75) is 4.90 Å². The van der Waals surface area contributed by atoms with Gasteiger partial charge in [-0.15, -0.1) is 11.8 Å². The predicted octanol–water partition coefficient (Wildman–Crippen LogP) is 2.83. The number of thioether (sulfide) groups is 1. The van der Waals surface area contributed by atoms with Crippen LogP contribution in [0.1, 0.15) is 10.4 Å². The molecule has 0 bridgehead atoms. The molecule has 5 N–H and O–H groups in total. The average molecular weight is 273 g/mol. The zero-order valence-electron chi connectivity index (χ0n) is 10.5. The number of nitrogens with two attached hydrogens (primary N) is 2. The van der Waals surface area contributed by atoms with Gasteiger partial charge in [0.1, 0.15) is 0 Å². The van der Waals surface area contributed by atoms with Crippen LogP contribution in [-0.2, 0) is 0 Å². The van der Waals surface area contributed by atoms with Crippen molar-refractivity contribution in [2.75, 3.05) is 17.3 Å². The number of benzene rings is 2. The molecule has 0 aliphatic heterocycles. The van der Waals surface area contributed by atoms with Crippen molar-refractivity contribution >= 4 is 34.7 Å². The molecule has 98 valence electrons. The molecule has 0 spiro atoms. The lowest BCUT2D eigenvalue weighted by Gasteiger charge is -2.11. The van der Waals surface area contributed by atoms with Crippen LogP contribution in [0.15, 0.2) is 47.4 Å². The molecule has 0 fully saturated rings. The summed E-state index contributed by atoms with van der Waals surface area (Å²) in [5, 5.41) is 3.16. The molecule has 0 saturated heterocycles. The van der Waals surface area contributed by atoms with E-state index in [4.69, 9.17) is 11.5 Å². The van der Waals surface area contributed by atoms with Gasteiger partial charge < -0.3 is 16.8 Å². The van der Waals surface area contributed by atoms with E-state index in [1.165, 1.54) is 4.90 Å². The van der Waals surface area contributed by atoms with Crippen LogP contribution in [0, 0.1) is 0 Å². The Morgan fingerprint density at radius 2 is 1.84 bits per heavy atom. The van der Waals surface area contributed by atoms with Gasteiger partial charge in [-0.3, -0.25) is 4.79 Å². The van der Waals surface area contributed by atoms with E-state index in [0.29, 0.717) is 16.9 Å². The SMILES string of the molecule is CSc1ccc(Nc2cc(N)ccc2C(N)=O)cc1. The van der Waals surface area contributed by atoms with E-state index in [0.717, 1.165) is 5.69 Å². The van der Waals surface area contributed by atoms with Crippen molar-refractivity contribution in [3.8, 4) is 0 Å². The normalized spacial score (nSPS) is 10.2. The summed E-state index contributed by atoms with van der Waals surface area (Å²) in [6.07, 6.45) is 2.02. The van der Waals surface area contributed by atoms with Crippen molar-refractivity contribution in [3.05, 3.63) is 48.0 Å². The lowest BCUT2D eigenvalue weighted by atomic mass is 10.1. The van der Waals surface area contributed by atoms with E-state index >= 15 is 0 Å². The van der Waals surface area contributed by atoms with Crippen molar-refractivity contribution in [1.82, 2.24) is 0 Å². The van der Waals surface area contributed by atoms with Gasteiger partial charge in [-0.2, -0.15) is 0 Å². The number of nitrogens with one attached hydrogen (secondary N) is 1. The van der Waals surface area contributed by atoms with Crippen molar-refractivity contribution in [3.63, 3.8) is 0 Å². The first-order valence-electron chi connectivity index (χ1n) is 5.70. The van der Waals surface area contributed by atoms with Gasteiger partial charge in [0.25, 0.3) is 5.91 Å². The minimum Gasteiger partial charge on any atom is -0.399 e. The fraction of sp³-hybridized carbons (Fsp3) is 0.0714. The van der Waals surface area contributed by atoms with Gasteiger partial charge in [-0.25, -0.2) is 0 Å². The number of hydrogen-bond donors (Lipinski definition) is 3. The molecule has 0 saturated carbocycles. The van der Waals surface area contributed by atoms with E-state index in [1.807, 2.05) is 30.5 Å².